The van der Waals surface area contributed by atoms with Gasteiger partial charge < -0.3 is 0 Å². The average molecular weight is 354 g/mol. The summed E-state index contributed by atoms with van der Waals surface area (Å²) >= 11 is 3.47. The van der Waals surface area contributed by atoms with Crippen LogP contribution in [0.5, 0.6) is 0 Å². The lowest BCUT2D eigenvalue weighted by Gasteiger charge is -2.06. The molecule has 0 saturated heterocycles. The van der Waals surface area contributed by atoms with Crippen LogP contribution in [0.15, 0.2) is 77.3 Å². The van der Waals surface area contributed by atoms with Gasteiger partial charge in [-0.3, -0.25) is 10.1 Å². The van der Waals surface area contributed by atoms with Gasteiger partial charge in [0.15, 0.2) is 0 Å². The van der Waals surface area contributed by atoms with Crippen LogP contribution in [-0.2, 0) is 0 Å². The minimum Gasteiger partial charge on any atom is -0.258 e. The van der Waals surface area contributed by atoms with Gasteiger partial charge >= 0.3 is 0 Å². The van der Waals surface area contributed by atoms with Gasteiger partial charge in [-0.05, 0) is 40.5 Å². The third kappa shape index (κ3) is 3.07. The summed E-state index contributed by atoms with van der Waals surface area (Å²) < 4.78 is 1.02. The highest BCUT2D eigenvalue weighted by molar-refractivity contribution is 9.10. The van der Waals surface area contributed by atoms with Crippen molar-refractivity contribution in [1.82, 2.24) is 0 Å². The molecule has 0 aliphatic heterocycles. The molecule has 0 amide bonds. The second kappa shape index (κ2) is 6.12. The SMILES string of the molecule is O=[N+]([O-])c1cccc(-c2cccc(-c3cccc(Br)c3)c2)c1. The predicted octanol–water partition coefficient (Wildman–Crippen LogP) is 5.69. The number of rotatable bonds is 3. The van der Waals surface area contributed by atoms with E-state index in [4.69, 9.17) is 0 Å². The van der Waals surface area contributed by atoms with E-state index in [1.165, 1.54) is 6.07 Å². The Kier molecular flexibility index (Phi) is 4.02. The first-order valence-corrected chi connectivity index (χ1v) is 7.53. The Labute approximate surface area is 136 Å². The quantitative estimate of drug-likeness (QED) is 0.448. The van der Waals surface area contributed by atoms with E-state index in [-0.39, 0.29) is 10.6 Å². The summed E-state index contributed by atoms with van der Waals surface area (Å²) in [5.74, 6) is 0. The molecule has 108 valence electrons. The van der Waals surface area contributed by atoms with Gasteiger partial charge in [-0.15, -0.1) is 0 Å². The van der Waals surface area contributed by atoms with Crippen molar-refractivity contribution in [3.63, 3.8) is 0 Å². The molecular weight excluding hydrogens is 342 g/mol. The number of halogens is 1. The van der Waals surface area contributed by atoms with Crippen LogP contribution in [0.4, 0.5) is 5.69 Å². The Morgan fingerprint density at radius 3 is 1.82 bits per heavy atom. The van der Waals surface area contributed by atoms with Crippen LogP contribution in [-0.4, -0.2) is 4.92 Å². The van der Waals surface area contributed by atoms with Crippen molar-refractivity contribution < 1.29 is 4.92 Å². The van der Waals surface area contributed by atoms with Gasteiger partial charge in [0.05, 0.1) is 4.92 Å². The summed E-state index contributed by atoms with van der Waals surface area (Å²) in [6.07, 6.45) is 0. The fraction of sp³-hybridized carbons (Fsp3) is 0. The Bertz CT molecular complexity index is 846. The van der Waals surface area contributed by atoms with Crippen molar-refractivity contribution in [2.75, 3.05) is 0 Å². The molecular formula is C18H12BrNO2. The molecule has 0 aliphatic rings. The van der Waals surface area contributed by atoms with Crippen LogP contribution in [0.3, 0.4) is 0 Å². The summed E-state index contributed by atoms with van der Waals surface area (Å²) in [4.78, 5) is 10.5. The van der Waals surface area contributed by atoms with Gasteiger partial charge in [0.2, 0.25) is 0 Å². The van der Waals surface area contributed by atoms with E-state index >= 15 is 0 Å². The lowest BCUT2D eigenvalue weighted by molar-refractivity contribution is -0.384. The summed E-state index contributed by atoms with van der Waals surface area (Å²) in [6.45, 7) is 0. The van der Waals surface area contributed by atoms with E-state index in [9.17, 15) is 10.1 Å². The largest absolute Gasteiger partial charge is 0.270 e. The first-order chi connectivity index (χ1) is 10.6. The van der Waals surface area contributed by atoms with Crippen molar-refractivity contribution in [3.8, 4) is 22.3 Å². The van der Waals surface area contributed by atoms with E-state index in [1.54, 1.807) is 12.1 Å². The third-order valence-corrected chi connectivity index (χ3v) is 3.90. The molecule has 0 aliphatic carbocycles. The zero-order chi connectivity index (χ0) is 15.5. The predicted molar refractivity (Wildman–Crippen MR) is 91.7 cm³/mol. The Hall–Kier alpha value is -2.46. The van der Waals surface area contributed by atoms with Gasteiger partial charge in [-0.2, -0.15) is 0 Å². The molecule has 0 heterocycles. The number of benzene rings is 3. The molecule has 0 spiro atoms. The van der Waals surface area contributed by atoms with Gasteiger partial charge in [-0.1, -0.05) is 58.4 Å². The summed E-state index contributed by atoms with van der Waals surface area (Å²) in [6, 6.07) is 22.7. The molecule has 3 nitrogen and oxygen atoms in total. The van der Waals surface area contributed by atoms with E-state index in [0.29, 0.717) is 0 Å². The highest BCUT2D eigenvalue weighted by atomic mass is 79.9. The minimum absolute atomic E-state index is 0.102. The highest BCUT2D eigenvalue weighted by Gasteiger charge is 2.08. The monoisotopic (exact) mass is 353 g/mol. The lowest BCUT2D eigenvalue weighted by atomic mass is 9.99. The van der Waals surface area contributed by atoms with Crippen LogP contribution in [0.2, 0.25) is 0 Å². The van der Waals surface area contributed by atoms with E-state index in [2.05, 4.69) is 15.9 Å². The molecule has 0 unspecified atom stereocenters. The number of nitrogens with zero attached hydrogens (tertiary/aromatic N) is 1. The molecule has 0 radical (unpaired) electrons. The minimum atomic E-state index is -0.373. The molecule has 0 atom stereocenters. The number of nitro benzene ring substituents is 1. The molecule has 0 aromatic heterocycles. The van der Waals surface area contributed by atoms with Crippen molar-refractivity contribution in [1.29, 1.82) is 0 Å². The number of non-ortho nitro benzene ring substituents is 1. The lowest BCUT2D eigenvalue weighted by Crippen LogP contribution is -1.88. The maximum Gasteiger partial charge on any atom is 0.270 e. The molecule has 0 bridgehead atoms. The van der Waals surface area contributed by atoms with E-state index in [1.807, 2.05) is 54.6 Å². The van der Waals surface area contributed by atoms with Crippen molar-refractivity contribution >= 4 is 21.6 Å². The number of nitro groups is 1. The molecule has 3 rings (SSSR count). The average Bonchev–Trinajstić information content (AvgIpc) is 2.55. The summed E-state index contributed by atoms with van der Waals surface area (Å²) in [5.41, 5.74) is 4.07. The highest BCUT2D eigenvalue weighted by Crippen LogP contribution is 2.29. The maximum absolute atomic E-state index is 10.9. The second-order valence-electron chi connectivity index (χ2n) is 4.90. The van der Waals surface area contributed by atoms with Gasteiger partial charge in [0.25, 0.3) is 5.69 Å². The number of hydrogen-bond acceptors (Lipinski definition) is 2. The smallest absolute Gasteiger partial charge is 0.258 e. The van der Waals surface area contributed by atoms with Crippen molar-refractivity contribution in [2.45, 2.75) is 0 Å². The molecule has 0 N–H and O–H groups in total. The van der Waals surface area contributed by atoms with Crippen LogP contribution >= 0.6 is 15.9 Å². The molecule has 22 heavy (non-hydrogen) atoms. The Balaban J connectivity index is 2.05. The van der Waals surface area contributed by atoms with Crippen LogP contribution in [0, 0.1) is 10.1 Å². The first kappa shape index (κ1) is 14.5. The molecule has 0 saturated carbocycles. The topological polar surface area (TPSA) is 43.1 Å². The zero-order valence-electron chi connectivity index (χ0n) is 11.6. The zero-order valence-corrected chi connectivity index (χ0v) is 13.2. The van der Waals surface area contributed by atoms with Gasteiger partial charge in [-0.25, -0.2) is 0 Å². The van der Waals surface area contributed by atoms with Gasteiger partial charge in [0.1, 0.15) is 0 Å². The normalized spacial score (nSPS) is 10.4. The molecule has 4 heteroatoms. The number of hydrogen-bond donors (Lipinski definition) is 0. The van der Waals surface area contributed by atoms with E-state index < -0.39 is 0 Å². The summed E-state index contributed by atoms with van der Waals surface area (Å²) in [5, 5.41) is 10.9. The fourth-order valence-electron chi connectivity index (χ4n) is 2.35. The van der Waals surface area contributed by atoms with Gasteiger partial charge in [0, 0.05) is 16.6 Å². The molecule has 0 fully saturated rings. The standard InChI is InChI=1S/C18H12BrNO2/c19-17-8-2-6-15(11-17)13-4-1-5-14(10-13)16-7-3-9-18(12-16)20(21)22/h1-12H. The molecule has 3 aromatic rings. The Morgan fingerprint density at radius 2 is 1.23 bits per heavy atom. The molecule has 3 aromatic carbocycles. The third-order valence-electron chi connectivity index (χ3n) is 3.41. The maximum atomic E-state index is 10.9. The van der Waals surface area contributed by atoms with Crippen LogP contribution in [0.25, 0.3) is 22.3 Å². The van der Waals surface area contributed by atoms with E-state index in [0.717, 1.165) is 26.7 Å². The Morgan fingerprint density at radius 1 is 0.727 bits per heavy atom. The van der Waals surface area contributed by atoms with Crippen LogP contribution in [0.1, 0.15) is 0 Å². The first-order valence-electron chi connectivity index (χ1n) is 6.74. The van der Waals surface area contributed by atoms with Crippen molar-refractivity contribution in [3.05, 3.63) is 87.4 Å². The summed E-state index contributed by atoms with van der Waals surface area (Å²) in [7, 11) is 0. The second-order valence-corrected chi connectivity index (χ2v) is 5.81. The van der Waals surface area contributed by atoms with Crippen molar-refractivity contribution in [2.24, 2.45) is 0 Å². The van der Waals surface area contributed by atoms with Crippen LogP contribution < -0.4 is 0 Å². The fourth-order valence-corrected chi connectivity index (χ4v) is 2.74.